The Balaban J connectivity index is 2.12. The van der Waals surface area contributed by atoms with E-state index in [-0.39, 0.29) is 0 Å². The van der Waals surface area contributed by atoms with E-state index < -0.39 is 0 Å². The summed E-state index contributed by atoms with van der Waals surface area (Å²) in [6.07, 6.45) is 2.59. The van der Waals surface area contributed by atoms with E-state index in [9.17, 15) is 0 Å². The summed E-state index contributed by atoms with van der Waals surface area (Å²) in [6, 6.07) is 8.73. The van der Waals surface area contributed by atoms with E-state index in [4.69, 9.17) is 10.00 Å². The average molecular weight is 258 g/mol. The number of nitriles is 1. The van der Waals surface area contributed by atoms with Gasteiger partial charge in [0.05, 0.1) is 12.7 Å². The fourth-order valence-corrected chi connectivity index (χ4v) is 2.78. The molecule has 0 saturated carbocycles. The number of likely N-dealkylation sites (tertiary alicyclic amines) is 1. The molecule has 0 radical (unpaired) electrons. The Hall–Kier alpha value is -1.53. The van der Waals surface area contributed by atoms with Crippen LogP contribution in [0, 0.1) is 17.2 Å². The molecule has 0 aromatic heterocycles. The van der Waals surface area contributed by atoms with Crippen LogP contribution in [0.4, 0.5) is 0 Å². The molecule has 2 rings (SSSR count). The second-order valence-electron chi connectivity index (χ2n) is 5.61. The van der Waals surface area contributed by atoms with Crippen molar-refractivity contribution in [3.63, 3.8) is 0 Å². The summed E-state index contributed by atoms with van der Waals surface area (Å²) in [4.78, 5) is 2.51. The SMILES string of the molecule is COc1ccc(CN2CC(C)CCC2C)cc1C#N. The van der Waals surface area contributed by atoms with Gasteiger partial charge in [0.2, 0.25) is 0 Å². The molecule has 0 aliphatic carbocycles. The summed E-state index contributed by atoms with van der Waals surface area (Å²) >= 11 is 0. The summed E-state index contributed by atoms with van der Waals surface area (Å²) in [5, 5.41) is 9.13. The van der Waals surface area contributed by atoms with E-state index >= 15 is 0 Å². The number of ether oxygens (including phenoxy) is 1. The number of hydrogen-bond acceptors (Lipinski definition) is 3. The van der Waals surface area contributed by atoms with E-state index in [1.54, 1.807) is 7.11 Å². The molecule has 1 fully saturated rings. The lowest BCUT2D eigenvalue weighted by Gasteiger charge is -2.36. The number of hydrogen-bond donors (Lipinski definition) is 0. The molecule has 3 nitrogen and oxygen atoms in total. The fraction of sp³-hybridized carbons (Fsp3) is 0.562. The van der Waals surface area contributed by atoms with Gasteiger partial charge >= 0.3 is 0 Å². The molecule has 1 aliphatic rings. The molecular weight excluding hydrogens is 236 g/mol. The van der Waals surface area contributed by atoms with E-state index in [1.165, 1.54) is 18.4 Å². The first-order chi connectivity index (χ1) is 9.13. The molecule has 1 aliphatic heterocycles. The van der Waals surface area contributed by atoms with E-state index in [0.717, 1.165) is 19.0 Å². The lowest BCUT2D eigenvalue weighted by molar-refractivity contribution is 0.117. The second-order valence-corrected chi connectivity index (χ2v) is 5.61. The van der Waals surface area contributed by atoms with Gasteiger partial charge in [0.15, 0.2) is 0 Å². The zero-order valence-corrected chi connectivity index (χ0v) is 12.0. The molecule has 19 heavy (non-hydrogen) atoms. The van der Waals surface area contributed by atoms with Crippen LogP contribution in [0.5, 0.6) is 5.75 Å². The molecule has 0 spiro atoms. The quantitative estimate of drug-likeness (QED) is 0.835. The molecule has 1 aromatic carbocycles. The molecule has 2 unspecified atom stereocenters. The first-order valence-electron chi connectivity index (χ1n) is 6.95. The Morgan fingerprint density at radius 1 is 1.37 bits per heavy atom. The van der Waals surface area contributed by atoms with Crippen molar-refractivity contribution < 1.29 is 4.74 Å². The highest BCUT2D eigenvalue weighted by Gasteiger charge is 2.22. The molecule has 0 N–H and O–H groups in total. The largest absolute Gasteiger partial charge is 0.495 e. The van der Waals surface area contributed by atoms with Gasteiger partial charge in [-0.05, 0) is 43.4 Å². The molecular formula is C16H22N2O. The Bertz CT molecular complexity index is 478. The normalized spacial score (nSPS) is 23.9. The predicted octanol–water partition coefficient (Wildman–Crippen LogP) is 3.19. The maximum atomic E-state index is 9.13. The van der Waals surface area contributed by atoms with Crippen LogP contribution >= 0.6 is 0 Å². The molecule has 1 heterocycles. The zero-order valence-electron chi connectivity index (χ0n) is 12.0. The minimum absolute atomic E-state index is 0.623. The van der Waals surface area contributed by atoms with Gasteiger partial charge in [-0.3, -0.25) is 4.90 Å². The molecule has 2 atom stereocenters. The van der Waals surface area contributed by atoms with Gasteiger partial charge in [-0.15, -0.1) is 0 Å². The second kappa shape index (κ2) is 6.08. The fourth-order valence-electron chi connectivity index (χ4n) is 2.78. The molecule has 1 saturated heterocycles. The predicted molar refractivity (Wildman–Crippen MR) is 76.0 cm³/mol. The number of rotatable bonds is 3. The van der Waals surface area contributed by atoms with Crippen molar-refractivity contribution in [1.29, 1.82) is 5.26 Å². The summed E-state index contributed by atoms with van der Waals surface area (Å²) in [5.74, 6) is 1.43. The summed E-state index contributed by atoms with van der Waals surface area (Å²) < 4.78 is 5.18. The lowest BCUT2D eigenvalue weighted by atomic mass is 9.94. The highest BCUT2D eigenvalue weighted by Crippen LogP contribution is 2.25. The van der Waals surface area contributed by atoms with Crippen LogP contribution in [0.15, 0.2) is 18.2 Å². The van der Waals surface area contributed by atoms with Crippen molar-refractivity contribution in [3.05, 3.63) is 29.3 Å². The summed E-state index contributed by atoms with van der Waals surface area (Å²) in [6.45, 7) is 6.67. The van der Waals surface area contributed by atoms with Crippen LogP contribution in [0.2, 0.25) is 0 Å². The Labute approximate surface area is 115 Å². The van der Waals surface area contributed by atoms with Gasteiger partial charge in [-0.1, -0.05) is 13.0 Å². The van der Waals surface area contributed by atoms with Crippen LogP contribution in [-0.4, -0.2) is 24.6 Å². The van der Waals surface area contributed by atoms with E-state index in [0.29, 0.717) is 17.4 Å². The van der Waals surface area contributed by atoms with Crippen LogP contribution in [-0.2, 0) is 6.54 Å². The van der Waals surface area contributed by atoms with Crippen LogP contribution in [0.1, 0.15) is 37.8 Å². The van der Waals surface area contributed by atoms with Gasteiger partial charge in [-0.25, -0.2) is 0 Å². The maximum absolute atomic E-state index is 9.13. The highest BCUT2D eigenvalue weighted by atomic mass is 16.5. The van der Waals surface area contributed by atoms with Crippen LogP contribution in [0.25, 0.3) is 0 Å². The highest BCUT2D eigenvalue weighted by molar-refractivity contribution is 5.45. The lowest BCUT2D eigenvalue weighted by Crippen LogP contribution is -2.40. The van der Waals surface area contributed by atoms with E-state index in [1.807, 2.05) is 12.1 Å². The van der Waals surface area contributed by atoms with Crippen LogP contribution in [0.3, 0.4) is 0 Å². The number of piperidine rings is 1. The maximum Gasteiger partial charge on any atom is 0.136 e. The van der Waals surface area contributed by atoms with Crippen molar-refractivity contribution in [3.8, 4) is 11.8 Å². The third-order valence-electron chi connectivity index (χ3n) is 4.02. The Morgan fingerprint density at radius 2 is 2.16 bits per heavy atom. The van der Waals surface area contributed by atoms with Gasteiger partial charge in [0.25, 0.3) is 0 Å². The van der Waals surface area contributed by atoms with Gasteiger partial charge < -0.3 is 4.74 Å². The molecule has 0 bridgehead atoms. The number of benzene rings is 1. The molecule has 102 valence electrons. The van der Waals surface area contributed by atoms with Crippen LogP contribution < -0.4 is 4.74 Å². The monoisotopic (exact) mass is 258 g/mol. The molecule has 3 heteroatoms. The minimum atomic E-state index is 0.623. The summed E-state index contributed by atoms with van der Waals surface area (Å²) in [7, 11) is 1.60. The first-order valence-corrected chi connectivity index (χ1v) is 6.95. The summed E-state index contributed by atoms with van der Waals surface area (Å²) in [5.41, 5.74) is 1.82. The van der Waals surface area contributed by atoms with Crippen molar-refractivity contribution in [1.82, 2.24) is 4.90 Å². The third-order valence-corrected chi connectivity index (χ3v) is 4.02. The Morgan fingerprint density at radius 3 is 2.84 bits per heavy atom. The minimum Gasteiger partial charge on any atom is -0.495 e. The standard InChI is InChI=1S/C16H22N2O/c1-12-4-5-13(2)18(10-12)11-14-6-7-16(19-3)15(8-14)9-17/h6-8,12-13H,4-5,10-11H2,1-3H3. The first kappa shape index (κ1) is 13.9. The van der Waals surface area contributed by atoms with Crippen molar-refractivity contribution in [2.45, 2.75) is 39.3 Å². The van der Waals surface area contributed by atoms with Crippen molar-refractivity contribution >= 4 is 0 Å². The topological polar surface area (TPSA) is 36.3 Å². The number of nitrogens with zero attached hydrogens (tertiary/aromatic N) is 2. The zero-order chi connectivity index (χ0) is 13.8. The van der Waals surface area contributed by atoms with Crippen molar-refractivity contribution in [2.75, 3.05) is 13.7 Å². The Kier molecular flexibility index (Phi) is 4.44. The third kappa shape index (κ3) is 3.27. The molecule has 0 amide bonds. The average Bonchev–Trinajstić information content (AvgIpc) is 2.42. The smallest absolute Gasteiger partial charge is 0.136 e. The van der Waals surface area contributed by atoms with Gasteiger partial charge in [-0.2, -0.15) is 5.26 Å². The number of methoxy groups -OCH3 is 1. The molecule has 1 aromatic rings. The van der Waals surface area contributed by atoms with Crippen molar-refractivity contribution in [2.24, 2.45) is 5.92 Å². The van der Waals surface area contributed by atoms with Gasteiger partial charge in [0, 0.05) is 19.1 Å². The van der Waals surface area contributed by atoms with Gasteiger partial charge in [0.1, 0.15) is 11.8 Å². The van der Waals surface area contributed by atoms with E-state index in [2.05, 4.69) is 30.9 Å².